The van der Waals surface area contributed by atoms with Crippen molar-refractivity contribution < 1.29 is 19.4 Å². The van der Waals surface area contributed by atoms with Crippen molar-refractivity contribution in [2.75, 3.05) is 44.6 Å². The van der Waals surface area contributed by atoms with Crippen molar-refractivity contribution in [3.8, 4) is 0 Å². The minimum absolute atomic E-state index is 0.0610. The second-order valence-corrected chi connectivity index (χ2v) is 8.87. The molecule has 6 nitrogen and oxygen atoms in total. The first-order valence-electron chi connectivity index (χ1n) is 9.97. The SMILES string of the molecule is Cc1ccc(NC(=O)C[NH+]2CCC[NH+](CC(=O)NC(C)(C)C)CC2)c(C)c1. The second kappa shape index (κ2) is 9.33. The molecular weight excluding hydrogens is 340 g/mol. The molecule has 0 spiro atoms. The zero-order chi connectivity index (χ0) is 20.0. The molecule has 1 aliphatic rings. The maximum absolute atomic E-state index is 12.4. The van der Waals surface area contributed by atoms with Gasteiger partial charge < -0.3 is 20.4 Å². The smallest absolute Gasteiger partial charge is 0.279 e. The quantitative estimate of drug-likeness (QED) is 0.551. The summed E-state index contributed by atoms with van der Waals surface area (Å²) in [4.78, 5) is 27.2. The van der Waals surface area contributed by atoms with Crippen molar-refractivity contribution in [2.24, 2.45) is 0 Å². The normalized spacial score (nSPS) is 20.6. The highest BCUT2D eigenvalue weighted by Gasteiger charge is 2.25. The molecule has 2 unspecified atom stereocenters. The van der Waals surface area contributed by atoms with Gasteiger partial charge in [0.25, 0.3) is 11.8 Å². The van der Waals surface area contributed by atoms with Crippen LogP contribution in [0.3, 0.4) is 0 Å². The number of nitrogens with one attached hydrogen (secondary N) is 4. The zero-order valence-corrected chi connectivity index (χ0v) is 17.5. The molecule has 1 aromatic carbocycles. The van der Waals surface area contributed by atoms with Crippen molar-refractivity contribution in [1.29, 1.82) is 0 Å². The minimum atomic E-state index is -0.189. The van der Waals surface area contributed by atoms with Crippen LogP contribution in [0.1, 0.15) is 38.3 Å². The summed E-state index contributed by atoms with van der Waals surface area (Å²) >= 11 is 0. The molecule has 2 atom stereocenters. The number of amides is 2. The number of anilines is 1. The first-order chi connectivity index (χ1) is 12.6. The third-order valence-corrected chi connectivity index (χ3v) is 4.88. The van der Waals surface area contributed by atoms with Gasteiger partial charge in [-0.05, 0) is 46.2 Å². The van der Waals surface area contributed by atoms with Crippen LogP contribution in [0.15, 0.2) is 18.2 Å². The van der Waals surface area contributed by atoms with E-state index in [1.54, 1.807) is 0 Å². The van der Waals surface area contributed by atoms with Crippen molar-refractivity contribution in [2.45, 2.75) is 46.6 Å². The van der Waals surface area contributed by atoms with Crippen molar-refractivity contribution in [1.82, 2.24) is 5.32 Å². The molecule has 0 saturated carbocycles. The molecule has 2 amide bonds. The Balaban J connectivity index is 1.80. The molecule has 2 rings (SSSR count). The fourth-order valence-electron chi connectivity index (χ4n) is 3.61. The maximum Gasteiger partial charge on any atom is 0.279 e. The van der Waals surface area contributed by atoms with E-state index in [1.165, 1.54) is 15.4 Å². The standard InChI is InChI=1S/C21H34N4O2/c1-16-7-8-18(17(2)13-16)22-19(26)14-24-9-6-10-25(12-11-24)15-20(27)23-21(3,4)5/h7-8,13H,6,9-12,14-15H2,1-5H3,(H,22,26)(H,23,27)/p+2. The number of carbonyl (C=O) groups excluding carboxylic acids is 2. The molecule has 1 aliphatic heterocycles. The average Bonchev–Trinajstić information content (AvgIpc) is 2.73. The lowest BCUT2D eigenvalue weighted by Crippen LogP contribution is -3.18. The lowest BCUT2D eigenvalue weighted by Gasteiger charge is -2.22. The molecule has 4 N–H and O–H groups in total. The molecule has 0 bridgehead atoms. The van der Waals surface area contributed by atoms with Gasteiger partial charge in [-0.2, -0.15) is 0 Å². The van der Waals surface area contributed by atoms with Gasteiger partial charge in [-0.1, -0.05) is 17.7 Å². The topological polar surface area (TPSA) is 67.1 Å². The summed E-state index contributed by atoms with van der Waals surface area (Å²) in [7, 11) is 0. The highest BCUT2D eigenvalue weighted by molar-refractivity contribution is 5.92. The second-order valence-electron chi connectivity index (χ2n) is 8.87. The molecule has 1 fully saturated rings. The van der Waals surface area contributed by atoms with Crippen LogP contribution in [0.5, 0.6) is 0 Å². The van der Waals surface area contributed by atoms with Crippen molar-refractivity contribution >= 4 is 17.5 Å². The van der Waals surface area contributed by atoms with Crippen molar-refractivity contribution in [3.05, 3.63) is 29.3 Å². The third-order valence-electron chi connectivity index (χ3n) is 4.88. The third kappa shape index (κ3) is 7.69. The van der Waals surface area contributed by atoms with Gasteiger partial charge in [0.2, 0.25) is 0 Å². The Morgan fingerprint density at radius 2 is 1.56 bits per heavy atom. The summed E-state index contributed by atoms with van der Waals surface area (Å²) in [5, 5.41) is 6.08. The van der Waals surface area contributed by atoms with Crippen LogP contribution in [0.4, 0.5) is 5.69 Å². The largest absolute Gasteiger partial charge is 0.347 e. The van der Waals surface area contributed by atoms with Gasteiger partial charge in [0.1, 0.15) is 13.1 Å². The van der Waals surface area contributed by atoms with Gasteiger partial charge in [0, 0.05) is 17.6 Å². The molecule has 1 saturated heterocycles. The van der Waals surface area contributed by atoms with E-state index in [-0.39, 0.29) is 17.4 Å². The Morgan fingerprint density at radius 3 is 2.11 bits per heavy atom. The summed E-state index contributed by atoms with van der Waals surface area (Å²) in [6, 6.07) is 6.07. The van der Waals surface area contributed by atoms with E-state index in [1.807, 2.05) is 39.8 Å². The van der Waals surface area contributed by atoms with E-state index < -0.39 is 0 Å². The lowest BCUT2D eigenvalue weighted by atomic mass is 10.1. The van der Waals surface area contributed by atoms with Crippen LogP contribution in [-0.2, 0) is 9.59 Å². The van der Waals surface area contributed by atoms with Crippen LogP contribution >= 0.6 is 0 Å². The molecule has 1 aromatic rings. The predicted octanol–water partition coefficient (Wildman–Crippen LogP) is -0.670. The molecule has 27 heavy (non-hydrogen) atoms. The number of hydrogen-bond acceptors (Lipinski definition) is 2. The molecule has 150 valence electrons. The Kier molecular flexibility index (Phi) is 7.39. The molecule has 0 radical (unpaired) electrons. The van der Waals surface area contributed by atoms with Crippen LogP contribution < -0.4 is 20.4 Å². The number of benzene rings is 1. The minimum Gasteiger partial charge on any atom is -0.347 e. The van der Waals surface area contributed by atoms with E-state index in [9.17, 15) is 9.59 Å². The molecular formula is C21H36N4O2+2. The highest BCUT2D eigenvalue weighted by Crippen LogP contribution is 2.15. The summed E-state index contributed by atoms with van der Waals surface area (Å²) in [5.41, 5.74) is 2.99. The van der Waals surface area contributed by atoms with E-state index in [0.29, 0.717) is 13.1 Å². The average molecular weight is 377 g/mol. The molecule has 0 aromatic heterocycles. The monoisotopic (exact) mass is 376 g/mol. The van der Waals surface area contributed by atoms with Crippen molar-refractivity contribution in [3.63, 3.8) is 0 Å². The van der Waals surface area contributed by atoms with Gasteiger partial charge in [-0.15, -0.1) is 0 Å². The Bertz CT molecular complexity index is 667. The highest BCUT2D eigenvalue weighted by atomic mass is 16.2. The maximum atomic E-state index is 12.4. The first kappa shape index (κ1) is 21.4. The van der Waals surface area contributed by atoms with E-state index in [2.05, 4.69) is 23.6 Å². The summed E-state index contributed by atoms with van der Waals surface area (Å²) < 4.78 is 0. The lowest BCUT2D eigenvalue weighted by molar-refractivity contribution is -0.930. The van der Waals surface area contributed by atoms with Gasteiger partial charge >= 0.3 is 0 Å². The predicted molar refractivity (Wildman–Crippen MR) is 108 cm³/mol. The van der Waals surface area contributed by atoms with Gasteiger partial charge in [0.05, 0.1) is 13.1 Å². The fraction of sp³-hybridized carbons (Fsp3) is 0.619. The Morgan fingerprint density at radius 1 is 0.963 bits per heavy atom. The molecule has 6 heteroatoms. The summed E-state index contributed by atoms with van der Waals surface area (Å²) in [6.45, 7) is 14.9. The number of quaternary nitrogens is 2. The van der Waals surface area contributed by atoms with Gasteiger partial charge in [-0.3, -0.25) is 9.59 Å². The number of hydrogen-bond donors (Lipinski definition) is 4. The Hall–Kier alpha value is -1.92. The summed E-state index contributed by atoms with van der Waals surface area (Å²) in [6.07, 6.45) is 1.03. The number of aryl methyl sites for hydroxylation is 2. The van der Waals surface area contributed by atoms with Gasteiger partial charge in [-0.25, -0.2) is 0 Å². The van der Waals surface area contributed by atoms with Crippen LogP contribution in [-0.4, -0.2) is 56.6 Å². The van der Waals surface area contributed by atoms with E-state index in [0.717, 1.165) is 43.9 Å². The first-order valence-corrected chi connectivity index (χ1v) is 9.97. The summed E-state index contributed by atoms with van der Waals surface area (Å²) in [5.74, 6) is 0.166. The Labute approximate surface area is 163 Å². The van der Waals surface area contributed by atoms with E-state index in [4.69, 9.17) is 0 Å². The zero-order valence-electron chi connectivity index (χ0n) is 17.5. The van der Waals surface area contributed by atoms with Gasteiger partial charge in [0.15, 0.2) is 13.1 Å². The van der Waals surface area contributed by atoms with Crippen LogP contribution in [0, 0.1) is 13.8 Å². The van der Waals surface area contributed by atoms with Crippen LogP contribution in [0.25, 0.3) is 0 Å². The molecule has 0 aliphatic carbocycles. The number of rotatable bonds is 5. The number of carbonyl (C=O) groups is 2. The van der Waals surface area contributed by atoms with Crippen LogP contribution in [0.2, 0.25) is 0 Å². The van der Waals surface area contributed by atoms with E-state index >= 15 is 0 Å². The molecule has 1 heterocycles. The fourth-order valence-corrected chi connectivity index (χ4v) is 3.61.